The Morgan fingerprint density at radius 1 is 1.17 bits per heavy atom. The van der Waals surface area contributed by atoms with Gasteiger partial charge in [-0.05, 0) is 36.4 Å². The number of nitrogens with zero attached hydrogens (tertiary/aromatic N) is 1. The lowest BCUT2D eigenvalue weighted by Crippen LogP contribution is -2.36. The van der Waals surface area contributed by atoms with Gasteiger partial charge in [0.25, 0.3) is 0 Å². The highest BCUT2D eigenvalue weighted by atomic mass is 32.2. The highest BCUT2D eigenvalue weighted by Gasteiger charge is 2.22. The average Bonchev–Trinajstić information content (AvgIpc) is 2.60. The highest BCUT2D eigenvalue weighted by Crippen LogP contribution is 2.34. The van der Waals surface area contributed by atoms with E-state index in [0.29, 0.717) is 5.75 Å². The van der Waals surface area contributed by atoms with Gasteiger partial charge in [-0.15, -0.1) is 23.5 Å². The van der Waals surface area contributed by atoms with Crippen molar-refractivity contribution in [2.24, 2.45) is 0 Å². The number of hydrogen-bond acceptors (Lipinski definition) is 4. The molecule has 0 atom stereocenters. The third-order valence-electron chi connectivity index (χ3n) is 3.57. The number of carbonyl (C=O) groups is 2. The zero-order valence-electron chi connectivity index (χ0n) is 13.3. The van der Waals surface area contributed by atoms with Gasteiger partial charge in [-0.2, -0.15) is 0 Å². The maximum atomic E-state index is 12.6. The fraction of sp³-hybridized carbons (Fsp3) is 0.222. The zero-order valence-corrected chi connectivity index (χ0v) is 15.0. The Labute approximate surface area is 150 Å². The van der Waals surface area contributed by atoms with Crippen molar-refractivity contribution >= 4 is 46.7 Å². The van der Waals surface area contributed by atoms with Crippen LogP contribution in [-0.4, -0.2) is 29.9 Å². The average molecular weight is 358 g/mol. The first kappa shape index (κ1) is 16.9. The van der Waals surface area contributed by atoms with Gasteiger partial charge in [0, 0.05) is 34.7 Å². The Balaban J connectivity index is 1.61. The van der Waals surface area contributed by atoms with E-state index >= 15 is 0 Å². The van der Waals surface area contributed by atoms with Gasteiger partial charge >= 0.3 is 0 Å². The molecule has 1 aliphatic heterocycles. The summed E-state index contributed by atoms with van der Waals surface area (Å²) in [5.74, 6) is 1.36. The van der Waals surface area contributed by atoms with Crippen molar-refractivity contribution in [2.75, 3.05) is 28.3 Å². The predicted octanol–water partition coefficient (Wildman–Crippen LogP) is 3.88. The fourth-order valence-corrected chi connectivity index (χ4v) is 4.26. The Kier molecular flexibility index (Phi) is 5.48. The topological polar surface area (TPSA) is 49.4 Å². The lowest BCUT2D eigenvalue weighted by atomic mass is 10.3. The number of thioether (sulfide) groups is 2. The fourth-order valence-electron chi connectivity index (χ4n) is 2.49. The van der Waals surface area contributed by atoms with Crippen molar-refractivity contribution in [3.05, 3.63) is 48.5 Å². The van der Waals surface area contributed by atoms with E-state index in [2.05, 4.69) is 11.4 Å². The Morgan fingerprint density at radius 2 is 1.92 bits per heavy atom. The molecule has 4 nitrogen and oxygen atoms in total. The van der Waals surface area contributed by atoms with Crippen LogP contribution < -0.4 is 10.2 Å². The van der Waals surface area contributed by atoms with E-state index in [0.717, 1.165) is 28.6 Å². The third kappa shape index (κ3) is 4.13. The van der Waals surface area contributed by atoms with Crippen LogP contribution in [0.15, 0.2) is 58.3 Å². The first-order valence-electron chi connectivity index (χ1n) is 7.66. The van der Waals surface area contributed by atoms with E-state index in [-0.39, 0.29) is 11.8 Å². The molecule has 24 heavy (non-hydrogen) atoms. The number of hydrogen-bond donors (Lipinski definition) is 1. The molecule has 1 N–H and O–H groups in total. The van der Waals surface area contributed by atoms with Crippen LogP contribution in [0.2, 0.25) is 0 Å². The molecule has 0 unspecified atom stereocenters. The van der Waals surface area contributed by atoms with Gasteiger partial charge in [0.15, 0.2) is 0 Å². The van der Waals surface area contributed by atoms with E-state index in [1.165, 1.54) is 23.6 Å². The summed E-state index contributed by atoms with van der Waals surface area (Å²) in [5.41, 5.74) is 1.78. The number of carbonyl (C=O) groups excluding carboxylic acids is 2. The molecular formula is C18H18N2O2S2. The van der Waals surface area contributed by atoms with E-state index in [9.17, 15) is 9.59 Å². The zero-order chi connectivity index (χ0) is 16.9. The van der Waals surface area contributed by atoms with Gasteiger partial charge in [-0.1, -0.05) is 12.1 Å². The Hall–Kier alpha value is -1.92. The van der Waals surface area contributed by atoms with Crippen LogP contribution in [0.1, 0.15) is 6.92 Å². The summed E-state index contributed by atoms with van der Waals surface area (Å²) < 4.78 is 0. The van der Waals surface area contributed by atoms with Gasteiger partial charge in [-0.25, -0.2) is 0 Å². The molecule has 0 bridgehead atoms. The first-order chi connectivity index (χ1) is 11.6. The molecule has 6 heteroatoms. The summed E-state index contributed by atoms with van der Waals surface area (Å²) in [6.45, 7) is 2.23. The standard InChI is InChI=1S/C18H18N2O2S2/c1-13(21)19-14-6-8-15(9-7-14)24-12-18(22)20-10-11-23-17-5-3-2-4-16(17)20/h2-9H,10-12H2,1H3,(H,19,21). The molecule has 1 heterocycles. The van der Waals surface area contributed by atoms with Crippen LogP contribution in [0, 0.1) is 0 Å². The van der Waals surface area contributed by atoms with Gasteiger partial charge in [0.1, 0.15) is 0 Å². The quantitative estimate of drug-likeness (QED) is 0.843. The molecule has 2 aromatic carbocycles. The highest BCUT2D eigenvalue weighted by molar-refractivity contribution is 8.00. The molecule has 0 saturated heterocycles. The summed E-state index contributed by atoms with van der Waals surface area (Å²) in [5, 5.41) is 2.73. The molecule has 0 radical (unpaired) electrons. The minimum atomic E-state index is -0.0905. The van der Waals surface area contributed by atoms with E-state index in [1.54, 1.807) is 11.8 Å². The molecule has 1 aliphatic rings. The van der Waals surface area contributed by atoms with E-state index in [1.807, 2.05) is 47.4 Å². The Bertz CT molecular complexity index is 747. The number of rotatable bonds is 4. The second kappa shape index (κ2) is 7.77. The second-order valence-corrected chi connectivity index (χ2v) is 7.54. The van der Waals surface area contributed by atoms with Gasteiger partial charge in [0.2, 0.25) is 11.8 Å². The van der Waals surface area contributed by atoms with Crippen molar-refractivity contribution in [3.8, 4) is 0 Å². The molecule has 0 aromatic heterocycles. The van der Waals surface area contributed by atoms with Crippen molar-refractivity contribution in [1.82, 2.24) is 0 Å². The lowest BCUT2D eigenvalue weighted by molar-refractivity contribution is -0.116. The van der Waals surface area contributed by atoms with E-state index in [4.69, 9.17) is 0 Å². The molecule has 3 rings (SSSR count). The van der Waals surface area contributed by atoms with Crippen molar-refractivity contribution in [2.45, 2.75) is 16.7 Å². The number of anilines is 2. The molecule has 2 amide bonds. The van der Waals surface area contributed by atoms with Crippen LogP contribution in [0.4, 0.5) is 11.4 Å². The number of amides is 2. The molecule has 0 fully saturated rings. The third-order valence-corrected chi connectivity index (χ3v) is 5.61. The summed E-state index contributed by atoms with van der Waals surface area (Å²) in [6, 6.07) is 15.6. The van der Waals surface area contributed by atoms with Crippen molar-refractivity contribution in [1.29, 1.82) is 0 Å². The lowest BCUT2D eigenvalue weighted by Gasteiger charge is -2.28. The number of nitrogens with one attached hydrogen (secondary N) is 1. The van der Waals surface area contributed by atoms with Crippen molar-refractivity contribution < 1.29 is 9.59 Å². The van der Waals surface area contributed by atoms with Gasteiger partial charge < -0.3 is 10.2 Å². The van der Waals surface area contributed by atoms with E-state index < -0.39 is 0 Å². The number of para-hydroxylation sites is 1. The summed E-state index contributed by atoms with van der Waals surface area (Å²) in [7, 11) is 0. The molecule has 0 saturated carbocycles. The normalized spacial score (nSPS) is 13.3. The largest absolute Gasteiger partial charge is 0.326 e. The smallest absolute Gasteiger partial charge is 0.237 e. The molecule has 0 aliphatic carbocycles. The summed E-state index contributed by atoms with van der Waals surface area (Å²) >= 11 is 3.31. The number of benzene rings is 2. The Morgan fingerprint density at radius 3 is 2.67 bits per heavy atom. The van der Waals surface area contributed by atoms with Crippen LogP contribution in [-0.2, 0) is 9.59 Å². The second-order valence-electron chi connectivity index (χ2n) is 5.36. The first-order valence-corrected chi connectivity index (χ1v) is 9.63. The minimum absolute atomic E-state index is 0.0905. The summed E-state index contributed by atoms with van der Waals surface area (Å²) in [4.78, 5) is 27.7. The molecule has 2 aromatic rings. The number of fused-ring (bicyclic) bond motifs is 1. The summed E-state index contributed by atoms with van der Waals surface area (Å²) in [6.07, 6.45) is 0. The van der Waals surface area contributed by atoms with Gasteiger partial charge in [-0.3, -0.25) is 9.59 Å². The van der Waals surface area contributed by atoms with Crippen LogP contribution in [0.5, 0.6) is 0 Å². The monoisotopic (exact) mass is 358 g/mol. The van der Waals surface area contributed by atoms with Crippen LogP contribution in [0.25, 0.3) is 0 Å². The molecule has 0 spiro atoms. The SMILES string of the molecule is CC(=O)Nc1ccc(SCC(=O)N2CCSc3ccccc32)cc1. The maximum absolute atomic E-state index is 12.6. The van der Waals surface area contributed by atoms with Crippen molar-refractivity contribution in [3.63, 3.8) is 0 Å². The molecular weight excluding hydrogens is 340 g/mol. The minimum Gasteiger partial charge on any atom is -0.326 e. The van der Waals surface area contributed by atoms with Crippen LogP contribution >= 0.6 is 23.5 Å². The maximum Gasteiger partial charge on any atom is 0.237 e. The van der Waals surface area contributed by atoms with Gasteiger partial charge in [0.05, 0.1) is 11.4 Å². The molecule has 124 valence electrons. The predicted molar refractivity (Wildman–Crippen MR) is 101 cm³/mol. The van der Waals surface area contributed by atoms with Crippen LogP contribution in [0.3, 0.4) is 0 Å².